The van der Waals surface area contributed by atoms with Crippen LogP contribution in [0.5, 0.6) is 0 Å². The van der Waals surface area contributed by atoms with Gasteiger partial charge in [0.15, 0.2) is 0 Å². The van der Waals surface area contributed by atoms with Crippen molar-refractivity contribution in [3.63, 3.8) is 0 Å². The van der Waals surface area contributed by atoms with Gasteiger partial charge in [0.2, 0.25) is 0 Å². The van der Waals surface area contributed by atoms with Gasteiger partial charge in [0.1, 0.15) is 23.7 Å². The van der Waals surface area contributed by atoms with Gasteiger partial charge in [-0.15, -0.1) is 0 Å². The predicted molar refractivity (Wildman–Crippen MR) is 88.2 cm³/mol. The number of rotatable bonds is 2. The van der Waals surface area contributed by atoms with Gasteiger partial charge >= 0.3 is 11.4 Å². The second kappa shape index (κ2) is 6.96. The number of aromatic amines is 2. The zero-order chi connectivity index (χ0) is 18.8. The largest absolute Gasteiger partial charge is 0.394 e. The molecular formula is C15H15N5O6. The molecule has 6 N–H and O–H groups in total. The van der Waals surface area contributed by atoms with Gasteiger partial charge in [-0.1, -0.05) is 11.8 Å². The molecule has 26 heavy (non-hydrogen) atoms. The Morgan fingerprint density at radius 2 is 2.04 bits per heavy atom. The third kappa shape index (κ3) is 3.42. The first-order valence-corrected chi connectivity index (χ1v) is 7.55. The van der Waals surface area contributed by atoms with Crippen molar-refractivity contribution in [2.75, 3.05) is 12.3 Å². The van der Waals surface area contributed by atoms with Crippen LogP contribution in [0.3, 0.4) is 0 Å². The van der Waals surface area contributed by atoms with E-state index in [0.717, 1.165) is 10.8 Å². The molecule has 0 radical (unpaired) electrons. The van der Waals surface area contributed by atoms with Gasteiger partial charge in [-0.05, 0) is 0 Å². The van der Waals surface area contributed by atoms with E-state index in [9.17, 15) is 19.5 Å². The fourth-order valence-corrected chi connectivity index (χ4v) is 2.48. The highest BCUT2D eigenvalue weighted by Crippen LogP contribution is 2.27. The molecule has 136 valence electrons. The molecule has 0 amide bonds. The van der Waals surface area contributed by atoms with Gasteiger partial charge < -0.3 is 20.7 Å². The first-order valence-electron chi connectivity index (χ1n) is 7.55. The number of H-pyrrole nitrogens is 2. The lowest BCUT2D eigenvalue weighted by molar-refractivity contribution is -0.0459. The summed E-state index contributed by atoms with van der Waals surface area (Å²) in [7, 11) is 0. The molecular weight excluding hydrogens is 346 g/mol. The van der Waals surface area contributed by atoms with E-state index < -0.39 is 42.0 Å². The molecule has 3 rings (SSSR count). The van der Waals surface area contributed by atoms with Crippen molar-refractivity contribution in [1.29, 1.82) is 0 Å². The van der Waals surface area contributed by atoms with Crippen LogP contribution < -0.4 is 22.7 Å². The third-order valence-corrected chi connectivity index (χ3v) is 3.84. The quantitative estimate of drug-likeness (QED) is 0.357. The first kappa shape index (κ1) is 17.6. The smallest absolute Gasteiger partial charge is 0.346 e. The van der Waals surface area contributed by atoms with E-state index in [1.165, 1.54) is 6.20 Å². The van der Waals surface area contributed by atoms with Crippen LogP contribution in [0.1, 0.15) is 23.8 Å². The second-order valence-electron chi connectivity index (χ2n) is 5.59. The minimum Gasteiger partial charge on any atom is -0.394 e. The number of nitrogens with one attached hydrogen (secondary N) is 2. The monoisotopic (exact) mass is 361 g/mol. The number of ether oxygens (including phenoxy) is 1. The lowest BCUT2D eigenvalue weighted by Gasteiger charge is -2.14. The van der Waals surface area contributed by atoms with Crippen molar-refractivity contribution in [3.8, 4) is 11.8 Å². The zero-order valence-electron chi connectivity index (χ0n) is 13.3. The zero-order valence-corrected chi connectivity index (χ0v) is 13.3. The number of hydrogen-bond donors (Lipinski definition) is 5. The minimum atomic E-state index is -0.939. The van der Waals surface area contributed by atoms with Crippen LogP contribution in [-0.4, -0.2) is 48.5 Å². The lowest BCUT2D eigenvalue weighted by atomic mass is 10.2. The molecule has 0 bridgehead atoms. The fraction of sp³-hybridized carbons (Fsp3) is 0.333. The summed E-state index contributed by atoms with van der Waals surface area (Å²) in [5.41, 5.74) is 3.68. The van der Waals surface area contributed by atoms with Crippen LogP contribution >= 0.6 is 0 Å². The van der Waals surface area contributed by atoms with Crippen LogP contribution in [0.25, 0.3) is 0 Å². The van der Waals surface area contributed by atoms with Gasteiger partial charge in [-0.2, -0.15) is 0 Å². The Morgan fingerprint density at radius 1 is 1.31 bits per heavy atom. The third-order valence-electron chi connectivity index (χ3n) is 3.84. The summed E-state index contributed by atoms with van der Waals surface area (Å²) in [5, 5.41) is 18.9. The van der Waals surface area contributed by atoms with Crippen molar-refractivity contribution in [2.24, 2.45) is 0 Å². The highest BCUT2D eigenvalue weighted by atomic mass is 16.5. The maximum atomic E-state index is 12.0. The van der Waals surface area contributed by atoms with Crippen molar-refractivity contribution < 1.29 is 14.9 Å². The Hall–Kier alpha value is -3.20. The molecule has 1 aliphatic rings. The Morgan fingerprint density at radius 3 is 2.69 bits per heavy atom. The van der Waals surface area contributed by atoms with Gasteiger partial charge in [-0.25, -0.2) is 14.6 Å². The van der Waals surface area contributed by atoms with Crippen LogP contribution in [0.15, 0.2) is 26.8 Å². The van der Waals surface area contributed by atoms with Crippen molar-refractivity contribution in [1.82, 2.24) is 19.5 Å². The number of nitrogens with zero attached hydrogens (tertiary/aromatic N) is 2. The molecule has 1 aliphatic heterocycles. The van der Waals surface area contributed by atoms with E-state index in [0.29, 0.717) is 0 Å². The summed E-state index contributed by atoms with van der Waals surface area (Å²) in [4.78, 5) is 42.9. The number of aromatic nitrogens is 4. The van der Waals surface area contributed by atoms with Crippen molar-refractivity contribution >= 4 is 5.82 Å². The van der Waals surface area contributed by atoms with Gasteiger partial charge in [0.05, 0.1) is 24.5 Å². The summed E-state index contributed by atoms with van der Waals surface area (Å²) in [6.45, 7) is -0.402. The van der Waals surface area contributed by atoms with Gasteiger partial charge in [0.25, 0.3) is 5.56 Å². The second-order valence-corrected chi connectivity index (χ2v) is 5.59. The van der Waals surface area contributed by atoms with Gasteiger partial charge in [-0.3, -0.25) is 19.3 Å². The van der Waals surface area contributed by atoms with E-state index >= 15 is 0 Å². The Balaban J connectivity index is 1.97. The van der Waals surface area contributed by atoms with E-state index in [1.54, 1.807) is 0 Å². The molecule has 11 heteroatoms. The first-order chi connectivity index (χ1) is 12.4. The standard InChI is InChI=1S/C15H15N5O6/c16-12-7(4-17-14(24)18-12)1-2-8-5-20(15(25)19-13(8)23)11-3-9(22)10(6-21)26-11/h4-5,9-11,21-22H,3,6H2,(H,19,23,25)(H3,16,17,18,24)/t9-,10+,11+/m0/s1. The molecule has 1 fully saturated rings. The molecule has 2 aromatic heterocycles. The van der Waals surface area contributed by atoms with Crippen LogP contribution in [0.4, 0.5) is 5.82 Å². The van der Waals surface area contributed by atoms with Gasteiger partial charge in [0, 0.05) is 12.6 Å². The molecule has 3 heterocycles. The molecule has 0 spiro atoms. The SMILES string of the molecule is Nc1[nH]c(=O)ncc1C#Cc1cn([C@H]2C[C@H](O)[C@@H](CO)O2)c(=O)[nH]c1=O. The summed E-state index contributed by atoms with van der Waals surface area (Å²) in [5.74, 6) is 5.14. The molecule has 1 saturated heterocycles. The Bertz CT molecular complexity index is 1060. The molecule has 11 nitrogen and oxygen atoms in total. The van der Waals surface area contributed by atoms with Crippen LogP contribution in [0, 0.1) is 11.8 Å². The van der Waals surface area contributed by atoms with E-state index in [2.05, 4.69) is 26.8 Å². The summed E-state index contributed by atoms with van der Waals surface area (Å²) in [6, 6.07) is 0. The number of aliphatic hydroxyl groups is 2. The lowest BCUT2D eigenvalue weighted by Crippen LogP contribution is -2.33. The Labute approximate surface area is 145 Å². The molecule has 0 aromatic carbocycles. The number of hydrogen-bond acceptors (Lipinski definition) is 8. The highest BCUT2D eigenvalue weighted by Gasteiger charge is 2.35. The molecule has 0 saturated carbocycles. The fourth-order valence-electron chi connectivity index (χ4n) is 2.48. The number of nitrogens with two attached hydrogens (primary N) is 1. The minimum absolute atomic E-state index is 0.00436. The average Bonchev–Trinajstić information content (AvgIpc) is 2.96. The van der Waals surface area contributed by atoms with Crippen LogP contribution in [0.2, 0.25) is 0 Å². The number of anilines is 1. The summed E-state index contributed by atoms with van der Waals surface area (Å²) in [6.07, 6.45) is -0.188. The normalized spacial score (nSPS) is 22.0. The van der Waals surface area contributed by atoms with Crippen LogP contribution in [-0.2, 0) is 4.74 Å². The summed E-state index contributed by atoms with van der Waals surface area (Å²) >= 11 is 0. The maximum absolute atomic E-state index is 12.0. The van der Waals surface area contributed by atoms with Crippen molar-refractivity contribution in [2.45, 2.75) is 24.9 Å². The number of nitrogen functional groups attached to an aromatic ring is 1. The molecule has 0 unspecified atom stereocenters. The van der Waals surface area contributed by atoms with Crippen molar-refractivity contribution in [3.05, 3.63) is 54.8 Å². The van der Waals surface area contributed by atoms with E-state index in [-0.39, 0.29) is 23.4 Å². The molecule has 3 atom stereocenters. The van der Waals surface area contributed by atoms with E-state index in [1.807, 2.05) is 0 Å². The average molecular weight is 361 g/mol. The number of aliphatic hydroxyl groups excluding tert-OH is 2. The highest BCUT2D eigenvalue weighted by molar-refractivity contribution is 5.51. The van der Waals surface area contributed by atoms with E-state index in [4.69, 9.17) is 15.6 Å². The Kier molecular flexibility index (Phi) is 4.72. The summed E-state index contributed by atoms with van der Waals surface area (Å²) < 4.78 is 6.48. The molecule has 0 aliphatic carbocycles. The molecule has 2 aromatic rings. The predicted octanol–water partition coefficient (Wildman–Crippen LogP) is -2.76. The topological polar surface area (TPSA) is 176 Å². The maximum Gasteiger partial charge on any atom is 0.346 e.